The lowest BCUT2D eigenvalue weighted by molar-refractivity contribution is -0.167. The Hall–Kier alpha value is -1.36. The number of methoxy groups -OCH3 is 1. The summed E-state index contributed by atoms with van der Waals surface area (Å²) >= 11 is 0. The van der Waals surface area contributed by atoms with Gasteiger partial charge in [-0.25, -0.2) is 4.79 Å². The fourth-order valence-electron chi connectivity index (χ4n) is 4.02. The molecule has 1 spiro atoms. The number of fused-ring (bicyclic) bond motifs is 1. The molecule has 3 atom stereocenters. The molecule has 0 aromatic rings. The van der Waals surface area contributed by atoms with Gasteiger partial charge in [0.05, 0.1) is 18.8 Å². The first-order valence-corrected chi connectivity index (χ1v) is 7.23. The molecule has 0 amide bonds. The van der Waals surface area contributed by atoms with Crippen LogP contribution in [0.4, 0.5) is 0 Å². The molecule has 0 N–H and O–H groups in total. The SMILES string of the molecule is COC(=O)C1=C(OC(C)=O)C[C@@]23CCC[C@@H]2CC[C@@H]1O3. The number of esters is 2. The average Bonchev–Trinajstić information content (AvgIpc) is 2.78. The van der Waals surface area contributed by atoms with Crippen LogP contribution in [0.3, 0.4) is 0 Å². The Morgan fingerprint density at radius 3 is 2.80 bits per heavy atom. The summed E-state index contributed by atoms with van der Waals surface area (Å²) in [6, 6.07) is 0. The van der Waals surface area contributed by atoms with Crippen LogP contribution in [0.25, 0.3) is 0 Å². The second kappa shape index (κ2) is 4.88. The minimum absolute atomic E-state index is 0.231. The normalized spacial score (nSPS) is 35.5. The summed E-state index contributed by atoms with van der Waals surface area (Å²) in [7, 11) is 1.34. The maximum Gasteiger partial charge on any atom is 0.339 e. The first-order valence-electron chi connectivity index (χ1n) is 7.23. The van der Waals surface area contributed by atoms with Gasteiger partial charge in [0.1, 0.15) is 11.3 Å². The van der Waals surface area contributed by atoms with Gasteiger partial charge in [-0.15, -0.1) is 0 Å². The predicted molar refractivity (Wildman–Crippen MR) is 69.6 cm³/mol. The summed E-state index contributed by atoms with van der Waals surface area (Å²) in [6.07, 6.45) is 5.36. The van der Waals surface area contributed by atoms with Crippen LogP contribution < -0.4 is 0 Å². The van der Waals surface area contributed by atoms with Crippen LogP contribution in [0.15, 0.2) is 11.3 Å². The molecule has 20 heavy (non-hydrogen) atoms. The van der Waals surface area contributed by atoms with Crippen LogP contribution >= 0.6 is 0 Å². The monoisotopic (exact) mass is 280 g/mol. The standard InChI is InChI=1S/C15H20O5/c1-9(16)19-12-8-15-7-3-4-10(15)5-6-11(20-15)13(12)14(17)18-2/h10-11H,3-8H2,1-2H3/t10-,11+,15+/m1/s1. The Balaban J connectivity index is 2.00. The van der Waals surface area contributed by atoms with Crippen molar-refractivity contribution in [1.29, 1.82) is 0 Å². The molecule has 2 heterocycles. The molecule has 3 rings (SSSR count). The van der Waals surface area contributed by atoms with Crippen LogP contribution in [-0.2, 0) is 23.8 Å². The largest absolute Gasteiger partial charge is 0.465 e. The summed E-state index contributed by atoms with van der Waals surface area (Å²) < 4.78 is 16.4. The molecule has 2 fully saturated rings. The maximum absolute atomic E-state index is 12.0. The molecular formula is C15H20O5. The van der Waals surface area contributed by atoms with Gasteiger partial charge in [-0.05, 0) is 31.6 Å². The van der Waals surface area contributed by atoms with E-state index in [1.54, 1.807) is 0 Å². The summed E-state index contributed by atoms with van der Waals surface area (Å²) in [4.78, 5) is 23.3. The highest BCUT2D eigenvalue weighted by Gasteiger charge is 2.54. The lowest BCUT2D eigenvalue weighted by atomic mass is 9.75. The third kappa shape index (κ3) is 2.04. The zero-order valence-corrected chi connectivity index (χ0v) is 11.9. The third-order valence-corrected chi connectivity index (χ3v) is 4.81. The summed E-state index contributed by atoms with van der Waals surface area (Å²) in [5.41, 5.74) is 0.171. The third-order valence-electron chi connectivity index (χ3n) is 4.81. The van der Waals surface area contributed by atoms with Gasteiger partial charge in [-0.1, -0.05) is 6.42 Å². The van der Waals surface area contributed by atoms with Crippen molar-refractivity contribution in [3.63, 3.8) is 0 Å². The number of carbonyl (C=O) groups excluding carboxylic acids is 2. The lowest BCUT2D eigenvalue weighted by Gasteiger charge is -2.47. The molecule has 2 bridgehead atoms. The molecule has 1 saturated heterocycles. The van der Waals surface area contributed by atoms with Crippen LogP contribution in [0.1, 0.15) is 45.4 Å². The van der Waals surface area contributed by atoms with Gasteiger partial charge >= 0.3 is 11.9 Å². The van der Waals surface area contributed by atoms with E-state index < -0.39 is 11.9 Å². The highest BCUT2D eigenvalue weighted by Crippen LogP contribution is 2.53. The van der Waals surface area contributed by atoms with Crippen molar-refractivity contribution in [2.45, 2.75) is 57.2 Å². The van der Waals surface area contributed by atoms with E-state index in [-0.39, 0.29) is 11.7 Å². The summed E-state index contributed by atoms with van der Waals surface area (Å²) in [6.45, 7) is 1.36. The highest BCUT2D eigenvalue weighted by atomic mass is 16.6. The van der Waals surface area contributed by atoms with Crippen molar-refractivity contribution in [2.24, 2.45) is 5.92 Å². The average molecular weight is 280 g/mol. The van der Waals surface area contributed by atoms with E-state index in [1.165, 1.54) is 14.0 Å². The molecule has 0 radical (unpaired) electrons. The number of rotatable bonds is 2. The van der Waals surface area contributed by atoms with Crippen LogP contribution in [0, 0.1) is 5.92 Å². The fraction of sp³-hybridized carbons (Fsp3) is 0.733. The molecular weight excluding hydrogens is 260 g/mol. The molecule has 2 aliphatic heterocycles. The van der Waals surface area contributed by atoms with Crippen molar-refractivity contribution >= 4 is 11.9 Å². The van der Waals surface area contributed by atoms with E-state index in [0.717, 1.165) is 32.1 Å². The van der Waals surface area contributed by atoms with Crippen molar-refractivity contribution in [1.82, 2.24) is 0 Å². The zero-order chi connectivity index (χ0) is 14.3. The number of ether oxygens (including phenoxy) is 3. The zero-order valence-electron chi connectivity index (χ0n) is 11.9. The van der Waals surface area contributed by atoms with Crippen LogP contribution in [0.5, 0.6) is 0 Å². The Bertz CT molecular complexity index is 481. The number of hydrogen-bond donors (Lipinski definition) is 0. The Morgan fingerprint density at radius 1 is 1.30 bits per heavy atom. The minimum atomic E-state index is -0.447. The van der Waals surface area contributed by atoms with Crippen molar-refractivity contribution < 1.29 is 23.8 Å². The van der Waals surface area contributed by atoms with E-state index in [4.69, 9.17) is 14.2 Å². The van der Waals surface area contributed by atoms with Gasteiger partial charge in [0.2, 0.25) is 0 Å². The molecule has 110 valence electrons. The molecule has 1 aliphatic carbocycles. The van der Waals surface area contributed by atoms with E-state index in [2.05, 4.69) is 0 Å². The van der Waals surface area contributed by atoms with E-state index in [1.807, 2.05) is 0 Å². The molecule has 5 heteroatoms. The predicted octanol–water partition coefficient (Wildman–Crippen LogP) is 2.10. The lowest BCUT2D eigenvalue weighted by Crippen LogP contribution is -2.50. The molecule has 5 nitrogen and oxygen atoms in total. The van der Waals surface area contributed by atoms with Gasteiger partial charge in [-0.3, -0.25) is 4.79 Å². The summed E-state index contributed by atoms with van der Waals surface area (Å²) in [5, 5.41) is 0. The number of carbonyl (C=O) groups is 2. The van der Waals surface area contributed by atoms with Gasteiger partial charge in [0.25, 0.3) is 0 Å². The van der Waals surface area contributed by atoms with Gasteiger partial charge in [-0.2, -0.15) is 0 Å². The van der Waals surface area contributed by atoms with E-state index >= 15 is 0 Å². The molecule has 0 aromatic carbocycles. The van der Waals surface area contributed by atoms with Gasteiger partial charge < -0.3 is 14.2 Å². The fourth-order valence-corrected chi connectivity index (χ4v) is 4.02. The highest BCUT2D eigenvalue weighted by molar-refractivity contribution is 5.91. The minimum Gasteiger partial charge on any atom is -0.465 e. The first-order chi connectivity index (χ1) is 9.55. The second-order valence-corrected chi connectivity index (χ2v) is 5.94. The Kier molecular flexibility index (Phi) is 3.32. The van der Waals surface area contributed by atoms with E-state index in [9.17, 15) is 9.59 Å². The van der Waals surface area contributed by atoms with Gasteiger partial charge in [0, 0.05) is 13.3 Å². The molecule has 1 saturated carbocycles. The Morgan fingerprint density at radius 2 is 2.10 bits per heavy atom. The topological polar surface area (TPSA) is 61.8 Å². The summed E-state index contributed by atoms with van der Waals surface area (Å²) in [5.74, 6) is 0.139. The van der Waals surface area contributed by atoms with Crippen molar-refractivity contribution in [3.05, 3.63) is 11.3 Å². The molecule has 0 unspecified atom stereocenters. The Labute approximate surface area is 118 Å². The second-order valence-electron chi connectivity index (χ2n) is 5.94. The van der Waals surface area contributed by atoms with Crippen LogP contribution in [0.2, 0.25) is 0 Å². The maximum atomic E-state index is 12.0. The van der Waals surface area contributed by atoms with Crippen molar-refractivity contribution in [3.8, 4) is 0 Å². The molecule has 0 aromatic heterocycles. The smallest absolute Gasteiger partial charge is 0.339 e. The van der Waals surface area contributed by atoms with Gasteiger partial charge in [0.15, 0.2) is 0 Å². The quantitative estimate of drug-likeness (QED) is 0.725. The molecule has 3 aliphatic rings. The van der Waals surface area contributed by atoms with Crippen LogP contribution in [-0.4, -0.2) is 30.8 Å². The van der Waals surface area contributed by atoms with Crippen molar-refractivity contribution in [2.75, 3.05) is 7.11 Å². The first kappa shape index (κ1) is 13.6. The number of hydrogen-bond acceptors (Lipinski definition) is 5. The van der Waals surface area contributed by atoms with E-state index in [0.29, 0.717) is 23.7 Å².